The van der Waals surface area contributed by atoms with Gasteiger partial charge in [-0.15, -0.1) is 0 Å². The highest BCUT2D eigenvalue weighted by Gasteiger charge is 2.26. The summed E-state index contributed by atoms with van der Waals surface area (Å²) in [5.41, 5.74) is -0.408. The average Bonchev–Trinajstić information content (AvgIpc) is 2.96. The van der Waals surface area contributed by atoms with Crippen molar-refractivity contribution in [1.29, 1.82) is 0 Å². The van der Waals surface area contributed by atoms with Crippen LogP contribution >= 0.6 is 0 Å². The number of H-pyrrole nitrogens is 2. The maximum Gasteiger partial charge on any atom is 0.314 e. The van der Waals surface area contributed by atoms with Gasteiger partial charge in [0.2, 0.25) is 0 Å². The van der Waals surface area contributed by atoms with Crippen molar-refractivity contribution in [2.75, 3.05) is 18.0 Å². The summed E-state index contributed by atoms with van der Waals surface area (Å²) in [5.74, 6) is 5.28. The Morgan fingerprint density at radius 2 is 2.17 bits per heavy atom. The molecule has 118 valence electrons. The Kier molecular flexibility index (Phi) is 3.85. The predicted octanol–water partition coefficient (Wildman–Crippen LogP) is -0.670. The second-order valence-electron chi connectivity index (χ2n) is 5.25. The van der Waals surface area contributed by atoms with E-state index in [1.165, 1.54) is 0 Å². The van der Waals surface area contributed by atoms with E-state index >= 15 is 0 Å². The Hall–Kier alpha value is -3.08. The fraction of sp³-hybridized carbons (Fsp3) is 0.333. The minimum Gasteiger partial charge on any atom is -0.353 e. The lowest BCUT2D eigenvalue weighted by Gasteiger charge is -2.18. The zero-order chi connectivity index (χ0) is 16.4. The molecular formula is C15H15N5O3. The van der Waals surface area contributed by atoms with Crippen molar-refractivity contribution in [3.8, 4) is 11.8 Å². The zero-order valence-electron chi connectivity index (χ0n) is 12.5. The first-order valence-electron chi connectivity index (χ1n) is 7.18. The Morgan fingerprint density at radius 3 is 2.96 bits per heavy atom. The minimum atomic E-state index is -0.714. The molecular weight excluding hydrogens is 298 g/mol. The zero-order valence-corrected chi connectivity index (χ0v) is 12.5. The van der Waals surface area contributed by atoms with Gasteiger partial charge in [0.25, 0.3) is 5.91 Å². The van der Waals surface area contributed by atoms with Crippen molar-refractivity contribution < 1.29 is 4.79 Å². The van der Waals surface area contributed by atoms with Gasteiger partial charge in [0, 0.05) is 25.3 Å². The molecule has 0 aliphatic carbocycles. The number of nitrogens with one attached hydrogen (secondary N) is 3. The van der Waals surface area contributed by atoms with E-state index in [2.05, 4.69) is 32.1 Å². The molecule has 3 rings (SSSR count). The van der Waals surface area contributed by atoms with Crippen LogP contribution in [0, 0.1) is 11.8 Å². The molecule has 1 fully saturated rings. The maximum absolute atomic E-state index is 11.6. The summed E-state index contributed by atoms with van der Waals surface area (Å²) in [6, 6.07) is 1.59. The number of carbonyl (C=O) groups is 1. The van der Waals surface area contributed by atoms with Crippen LogP contribution in [0.1, 0.15) is 13.3 Å². The molecule has 1 atom stereocenters. The molecule has 8 nitrogen and oxygen atoms in total. The van der Waals surface area contributed by atoms with E-state index in [-0.39, 0.29) is 11.9 Å². The van der Waals surface area contributed by atoms with Crippen LogP contribution in [0.25, 0.3) is 11.0 Å². The Bertz CT molecular complexity index is 934. The summed E-state index contributed by atoms with van der Waals surface area (Å²) in [6.45, 7) is 2.85. The van der Waals surface area contributed by atoms with E-state index in [4.69, 9.17) is 0 Å². The maximum atomic E-state index is 11.6. The SMILES string of the molecule is CC#CC(=O)N[C@@H]1CCN(c2nccc3[nH]c(=O)c(=O)[nH]c23)C1. The number of fused-ring (bicyclic) bond motifs is 1. The molecule has 0 radical (unpaired) electrons. The molecule has 1 aliphatic heterocycles. The van der Waals surface area contributed by atoms with E-state index in [0.29, 0.717) is 29.9 Å². The van der Waals surface area contributed by atoms with Crippen molar-refractivity contribution in [1.82, 2.24) is 20.3 Å². The molecule has 0 unspecified atom stereocenters. The van der Waals surface area contributed by atoms with Gasteiger partial charge in [0.05, 0.1) is 5.52 Å². The predicted molar refractivity (Wildman–Crippen MR) is 85.2 cm³/mol. The van der Waals surface area contributed by atoms with Crippen LogP contribution in [0.4, 0.5) is 5.82 Å². The Balaban J connectivity index is 1.88. The summed E-state index contributed by atoms with van der Waals surface area (Å²) >= 11 is 0. The number of nitrogens with zero attached hydrogens (tertiary/aromatic N) is 2. The molecule has 0 aromatic carbocycles. The Labute approximate surface area is 130 Å². The number of carbonyl (C=O) groups excluding carboxylic acids is 1. The molecule has 2 aromatic heterocycles. The summed E-state index contributed by atoms with van der Waals surface area (Å²) in [5, 5.41) is 2.84. The van der Waals surface area contributed by atoms with Crippen molar-refractivity contribution in [3.63, 3.8) is 0 Å². The van der Waals surface area contributed by atoms with Crippen LogP contribution in [0.15, 0.2) is 21.9 Å². The van der Waals surface area contributed by atoms with Gasteiger partial charge >= 0.3 is 11.1 Å². The molecule has 3 N–H and O–H groups in total. The number of anilines is 1. The number of pyridine rings is 1. The van der Waals surface area contributed by atoms with Crippen molar-refractivity contribution in [2.24, 2.45) is 0 Å². The minimum absolute atomic E-state index is 0.0325. The molecule has 0 saturated carbocycles. The first-order chi connectivity index (χ1) is 11.1. The third-order valence-electron chi connectivity index (χ3n) is 3.69. The van der Waals surface area contributed by atoms with Crippen LogP contribution in [0.5, 0.6) is 0 Å². The summed E-state index contributed by atoms with van der Waals surface area (Å²) < 4.78 is 0. The lowest BCUT2D eigenvalue weighted by molar-refractivity contribution is -0.116. The van der Waals surface area contributed by atoms with Gasteiger partial charge in [0.1, 0.15) is 5.52 Å². The van der Waals surface area contributed by atoms with Crippen LogP contribution in [-0.2, 0) is 4.79 Å². The third kappa shape index (κ3) is 2.94. The molecule has 23 heavy (non-hydrogen) atoms. The monoisotopic (exact) mass is 313 g/mol. The summed E-state index contributed by atoms with van der Waals surface area (Å²) in [7, 11) is 0. The van der Waals surface area contributed by atoms with Gasteiger partial charge in [-0.1, -0.05) is 5.92 Å². The van der Waals surface area contributed by atoms with E-state index in [9.17, 15) is 14.4 Å². The highest BCUT2D eigenvalue weighted by Crippen LogP contribution is 2.23. The van der Waals surface area contributed by atoms with Crippen molar-refractivity contribution in [2.45, 2.75) is 19.4 Å². The fourth-order valence-corrected chi connectivity index (χ4v) is 2.67. The van der Waals surface area contributed by atoms with Crippen molar-refractivity contribution >= 4 is 22.8 Å². The lowest BCUT2D eigenvalue weighted by Crippen LogP contribution is -2.36. The fourth-order valence-electron chi connectivity index (χ4n) is 2.67. The second kappa shape index (κ2) is 5.96. The summed E-state index contributed by atoms with van der Waals surface area (Å²) in [6.07, 6.45) is 2.32. The average molecular weight is 313 g/mol. The van der Waals surface area contributed by atoms with Gasteiger partial charge in [-0.3, -0.25) is 14.4 Å². The van der Waals surface area contributed by atoms with Gasteiger partial charge in [-0.2, -0.15) is 0 Å². The second-order valence-corrected chi connectivity index (χ2v) is 5.25. The first-order valence-corrected chi connectivity index (χ1v) is 7.18. The number of aromatic amines is 2. The van der Waals surface area contributed by atoms with Gasteiger partial charge in [-0.25, -0.2) is 4.98 Å². The van der Waals surface area contributed by atoms with E-state index in [1.807, 2.05) is 4.90 Å². The summed E-state index contributed by atoms with van der Waals surface area (Å²) in [4.78, 5) is 45.9. The molecule has 0 spiro atoms. The number of aromatic nitrogens is 3. The van der Waals surface area contributed by atoms with Crippen LogP contribution in [0.3, 0.4) is 0 Å². The normalized spacial score (nSPS) is 16.9. The van der Waals surface area contributed by atoms with Crippen LogP contribution in [-0.4, -0.2) is 40.0 Å². The number of hydrogen-bond donors (Lipinski definition) is 3. The molecule has 1 amide bonds. The molecule has 0 bridgehead atoms. The highest BCUT2D eigenvalue weighted by atomic mass is 16.2. The number of hydrogen-bond acceptors (Lipinski definition) is 5. The number of amides is 1. The topological polar surface area (TPSA) is 111 Å². The molecule has 1 saturated heterocycles. The van der Waals surface area contributed by atoms with Gasteiger partial charge < -0.3 is 20.2 Å². The van der Waals surface area contributed by atoms with E-state index in [0.717, 1.165) is 6.42 Å². The highest BCUT2D eigenvalue weighted by molar-refractivity contribution is 5.93. The standard InChI is InChI=1S/C15H15N5O3/c1-2-3-11(21)17-9-5-7-20(8-9)13-12-10(4-6-16-13)18-14(22)15(23)19-12/h4,6,9H,5,7-8H2,1H3,(H,17,21)(H,18,22)(H,19,23)/t9-/m1/s1. The lowest BCUT2D eigenvalue weighted by atomic mass is 10.2. The molecule has 1 aliphatic rings. The molecule has 8 heteroatoms. The smallest absolute Gasteiger partial charge is 0.314 e. The van der Waals surface area contributed by atoms with Crippen LogP contribution in [0.2, 0.25) is 0 Å². The van der Waals surface area contributed by atoms with E-state index in [1.54, 1.807) is 19.2 Å². The van der Waals surface area contributed by atoms with E-state index < -0.39 is 11.1 Å². The molecule has 2 aromatic rings. The van der Waals surface area contributed by atoms with Crippen LogP contribution < -0.4 is 21.3 Å². The third-order valence-corrected chi connectivity index (χ3v) is 3.69. The van der Waals surface area contributed by atoms with Gasteiger partial charge in [-0.05, 0) is 25.3 Å². The largest absolute Gasteiger partial charge is 0.353 e. The van der Waals surface area contributed by atoms with Gasteiger partial charge in [0.15, 0.2) is 5.82 Å². The molecule has 3 heterocycles. The quantitative estimate of drug-likeness (QED) is 0.503. The first kappa shape index (κ1) is 14.8. The van der Waals surface area contributed by atoms with Crippen molar-refractivity contribution in [3.05, 3.63) is 33.0 Å². The number of rotatable bonds is 2. The Morgan fingerprint density at radius 1 is 1.39 bits per heavy atom.